The van der Waals surface area contributed by atoms with Crippen molar-refractivity contribution < 1.29 is 14.6 Å². The molecule has 0 aliphatic heterocycles. The van der Waals surface area contributed by atoms with E-state index in [0.29, 0.717) is 5.92 Å². The molecule has 0 fully saturated rings. The van der Waals surface area contributed by atoms with Crippen LogP contribution in [0.5, 0.6) is 11.5 Å². The van der Waals surface area contributed by atoms with Gasteiger partial charge in [-0.05, 0) is 30.0 Å². The smallest absolute Gasteiger partial charge is 0.126 e. The lowest BCUT2D eigenvalue weighted by Crippen LogP contribution is -2.02. The molecule has 0 spiro atoms. The van der Waals surface area contributed by atoms with E-state index in [-0.39, 0.29) is 6.61 Å². The van der Waals surface area contributed by atoms with E-state index in [9.17, 15) is 0 Å². The molecule has 1 aromatic rings. The minimum absolute atomic E-state index is 0.00528. The van der Waals surface area contributed by atoms with Crippen LogP contribution in [0.2, 0.25) is 0 Å². The number of rotatable bonds is 5. The average molecular weight is 224 g/mol. The first-order valence-electron chi connectivity index (χ1n) is 5.47. The number of hydrogen-bond acceptors (Lipinski definition) is 3. The summed E-state index contributed by atoms with van der Waals surface area (Å²) in [7, 11) is 3.28. The minimum Gasteiger partial charge on any atom is -0.496 e. The highest BCUT2D eigenvalue weighted by atomic mass is 16.5. The quantitative estimate of drug-likeness (QED) is 0.834. The molecule has 0 radical (unpaired) electrons. The molecule has 0 atom stereocenters. The number of benzene rings is 1. The molecular formula is C13H20O3. The van der Waals surface area contributed by atoms with Crippen LogP contribution < -0.4 is 9.47 Å². The van der Waals surface area contributed by atoms with Crippen molar-refractivity contribution in [1.29, 1.82) is 0 Å². The Hall–Kier alpha value is -1.22. The summed E-state index contributed by atoms with van der Waals surface area (Å²) in [5.41, 5.74) is 1.87. The van der Waals surface area contributed by atoms with Gasteiger partial charge in [-0.3, -0.25) is 0 Å². The van der Waals surface area contributed by atoms with Gasteiger partial charge in [0.2, 0.25) is 0 Å². The molecule has 90 valence electrons. The lowest BCUT2D eigenvalue weighted by molar-refractivity contribution is 0.279. The third kappa shape index (κ3) is 2.89. The number of methoxy groups -OCH3 is 2. The molecule has 16 heavy (non-hydrogen) atoms. The molecule has 0 aliphatic carbocycles. The fourth-order valence-corrected chi connectivity index (χ4v) is 1.74. The van der Waals surface area contributed by atoms with Crippen molar-refractivity contribution in [2.75, 3.05) is 14.2 Å². The highest BCUT2D eigenvalue weighted by molar-refractivity contribution is 5.48. The van der Waals surface area contributed by atoms with Crippen LogP contribution >= 0.6 is 0 Å². The Morgan fingerprint density at radius 3 is 1.94 bits per heavy atom. The number of aliphatic hydroxyl groups excluding tert-OH is 1. The lowest BCUT2D eigenvalue weighted by atomic mass is 9.99. The van der Waals surface area contributed by atoms with Crippen LogP contribution in [0.1, 0.15) is 25.0 Å². The molecule has 0 aromatic heterocycles. The Labute approximate surface area is 97.0 Å². The van der Waals surface area contributed by atoms with Gasteiger partial charge in [-0.2, -0.15) is 0 Å². The zero-order valence-corrected chi connectivity index (χ0v) is 10.4. The summed E-state index contributed by atoms with van der Waals surface area (Å²) in [6.07, 6.45) is 0.901. The van der Waals surface area contributed by atoms with Crippen LogP contribution in [-0.4, -0.2) is 19.3 Å². The van der Waals surface area contributed by atoms with E-state index < -0.39 is 0 Å². The second-order valence-corrected chi connectivity index (χ2v) is 4.23. The summed E-state index contributed by atoms with van der Waals surface area (Å²) in [6.45, 7) is 4.30. The van der Waals surface area contributed by atoms with Crippen molar-refractivity contribution in [2.45, 2.75) is 26.9 Å². The molecule has 0 heterocycles. The van der Waals surface area contributed by atoms with E-state index in [0.717, 1.165) is 29.0 Å². The van der Waals surface area contributed by atoms with E-state index in [4.69, 9.17) is 14.6 Å². The summed E-state index contributed by atoms with van der Waals surface area (Å²) in [5, 5.41) is 9.14. The first-order valence-corrected chi connectivity index (χ1v) is 5.47. The third-order valence-electron chi connectivity index (χ3n) is 2.46. The van der Waals surface area contributed by atoms with Gasteiger partial charge < -0.3 is 14.6 Å². The second-order valence-electron chi connectivity index (χ2n) is 4.23. The predicted octanol–water partition coefficient (Wildman–Crippen LogP) is 2.39. The number of ether oxygens (including phenoxy) is 2. The van der Waals surface area contributed by atoms with Crippen molar-refractivity contribution in [3.05, 3.63) is 23.3 Å². The third-order valence-corrected chi connectivity index (χ3v) is 2.46. The normalized spacial score (nSPS) is 10.6. The maximum absolute atomic E-state index is 9.14. The van der Waals surface area contributed by atoms with Gasteiger partial charge in [0, 0.05) is 5.56 Å². The average Bonchev–Trinajstić information content (AvgIpc) is 2.28. The Bertz CT molecular complexity index is 320. The fourth-order valence-electron chi connectivity index (χ4n) is 1.74. The van der Waals surface area contributed by atoms with Crippen LogP contribution in [0.25, 0.3) is 0 Å². The first-order chi connectivity index (χ1) is 7.62. The molecule has 0 aliphatic rings. The number of aliphatic hydroxyl groups is 1. The minimum atomic E-state index is -0.00528. The van der Waals surface area contributed by atoms with E-state index >= 15 is 0 Å². The van der Waals surface area contributed by atoms with Crippen LogP contribution in [0.15, 0.2) is 12.1 Å². The van der Waals surface area contributed by atoms with Crippen molar-refractivity contribution in [1.82, 2.24) is 0 Å². The molecule has 1 N–H and O–H groups in total. The molecule has 1 rings (SSSR count). The molecular weight excluding hydrogens is 204 g/mol. The van der Waals surface area contributed by atoms with Gasteiger partial charge in [0.05, 0.1) is 20.8 Å². The Morgan fingerprint density at radius 2 is 1.62 bits per heavy atom. The molecule has 0 saturated heterocycles. The van der Waals surface area contributed by atoms with E-state index in [1.165, 1.54) is 0 Å². The molecule has 0 saturated carbocycles. The zero-order valence-electron chi connectivity index (χ0n) is 10.4. The van der Waals surface area contributed by atoms with Gasteiger partial charge in [-0.1, -0.05) is 13.8 Å². The van der Waals surface area contributed by atoms with E-state index in [1.54, 1.807) is 14.2 Å². The van der Waals surface area contributed by atoms with Gasteiger partial charge in [0.15, 0.2) is 0 Å². The van der Waals surface area contributed by atoms with Crippen molar-refractivity contribution in [3.63, 3.8) is 0 Å². The largest absolute Gasteiger partial charge is 0.496 e. The Morgan fingerprint density at radius 1 is 1.12 bits per heavy atom. The Balaban J connectivity index is 3.20. The van der Waals surface area contributed by atoms with Crippen molar-refractivity contribution in [3.8, 4) is 11.5 Å². The first kappa shape index (κ1) is 12.8. The molecule has 0 amide bonds. The molecule has 1 aromatic carbocycles. The molecule has 3 nitrogen and oxygen atoms in total. The van der Waals surface area contributed by atoms with Gasteiger partial charge in [0.25, 0.3) is 0 Å². The molecule has 3 heteroatoms. The summed E-state index contributed by atoms with van der Waals surface area (Å²) < 4.78 is 10.7. The van der Waals surface area contributed by atoms with Crippen LogP contribution in [-0.2, 0) is 13.0 Å². The monoisotopic (exact) mass is 224 g/mol. The predicted molar refractivity (Wildman–Crippen MR) is 64.0 cm³/mol. The maximum atomic E-state index is 9.14. The van der Waals surface area contributed by atoms with Crippen LogP contribution in [0.4, 0.5) is 0 Å². The molecule has 0 unspecified atom stereocenters. The summed E-state index contributed by atoms with van der Waals surface area (Å²) in [5.74, 6) is 2.11. The fraction of sp³-hybridized carbons (Fsp3) is 0.538. The summed E-state index contributed by atoms with van der Waals surface area (Å²) in [6, 6.07) is 3.72. The summed E-state index contributed by atoms with van der Waals surface area (Å²) in [4.78, 5) is 0. The highest BCUT2D eigenvalue weighted by Crippen LogP contribution is 2.32. The zero-order chi connectivity index (χ0) is 12.1. The van der Waals surface area contributed by atoms with Crippen molar-refractivity contribution >= 4 is 0 Å². The standard InChI is InChI=1S/C13H20O3/c1-9(2)5-11-12(15-3)6-10(8-14)7-13(11)16-4/h6-7,9,14H,5,8H2,1-4H3. The van der Waals surface area contributed by atoms with Gasteiger partial charge in [-0.25, -0.2) is 0 Å². The van der Waals surface area contributed by atoms with Crippen LogP contribution in [0.3, 0.4) is 0 Å². The SMILES string of the molecule is COc1cc(CO)cc(OC)c1CC(C)C. The van der Waals surface area contributed by atoms with Gasteiger partial charge in [0.1, 0.15) is 11.5 Å². The Kier molecular flexibility index (Phi) is 4.62. The summed E-state index contributed by atoms with van der Waals surface area (Å²) >= 11 is 0. The second kappa shape index (κ2) is 5.75. The van der Waals surface area contributed by atoms with Gasteiger partial charge >= 0.3 is 0 Å². The topological polar surface area (TPSA) is 38.7 Å². The number of hydrogen-bond donors (Lipinski definition) is 1. The van der Waals surface area contributed by atoms with Crippen molar-refractivity contribution in [2.24, 2.45) is 5.92 Å². The highest BCUT2D eigenvalue weighted by Gasteiger charge is 2.13. The van der Waals surface area contributed by atoms with E-state index in [2.05, 4.69) is 13.8 Å². The van der Waals surface area contributed by atoms with Crippen LogP contribution in [0, 0.1) is 5.92 Å². The van der Waals surface area contributed by atoms with E-state index in [1.807, 2.05) is 12.1 Å². The maximum Gasteiger partial charge on any atom is 0.126 e. The van der Waals surface area contributed by atoms with Gasteiger partial charge in [-0.15, -0.1) is 0 Å². The lowest BCUT2D eigenvalue weighted by Gasteiger charge is -2.16. The molecule has 0 bridgehead atoms.